The summed E-state index contributed by atoms with van der Waals surface area (Å²) in [5, 5.41) is 7.91. The number of anilines is 8. The number of fused-ring (bicyclic) bond motifs is 28. The van der Waals surface area contributed by atoms with E-state index in [1.54, 1.807) is 0 Å². The van der Waals surface area contributed by atoms with E-state index in [0.717, 1.165) is 92.9 Å². The zero-order valence-electron chi connectivity index (χ0n) is 56.8. The van der Waals surface area contributed by atoms with Crippen LogP contribution >= 0.6 is 31.9 Å². The Labute approximate surface area is 632 Å². The first-order valence-corrected chi connectivity index (χ1v) is 37.2. The summed E-state index contributed by atoms with van der Waals surface area (Å²) < 4.78 is 15.6. The van der Waals surface area contributed by atoms with Gasteiger partial charge in [-0.3, -0.25) is 0 Å². The average molecular weight is 1490 g/mol. The standard InChI is InChI=1S/C55H36N2O.C31H16Br2O.C12H11N.CH4/c1-5-17-37(18-6-1)56(38-19-7-2-8-20-38)41-29-31-43-44-32-30-42(57(39-21-9-3-10-22-39)40-23-11-4-12-24-40)36-51(44)55(50(43)35-41)48-27-15-13-26-47(48)53-49(55)34-33-46-45-25-14-16-28-52(45)58-54(46)53;32-17-9-11-19-20-12-10-18(33)16-27(20)31(26(19)15-17)24-7-3-1-6-23(24)29-25(31)14-13-22-21-5-2-4-8-28(21)34-30(22)29;1-3-7-11(8-4-1)13-12-9-5-2-6-10-12;/h1-36H;1-16H;1-10,13H;1H4. The molecule has 0 bridgehead atoms. The molecule has 0 aliphatic heterocycles. The lowest BCUT2D eigenvalue weighted by Gasteiger charge is -2.33. The maximum Gasteiger partial charge on any atom is 0.143 e. The molecule has 504 valence electrons. The molecule has 0 fully saturated rings. The van der Waals surface area contributed by atoms with Crippen molar-refractivity contribution in [1.29, 1.82) is 0 Å². The molecule has 0 radical (unpaired) electrons. The molecule has 0 saturated carbocycles. The van der Waals surface area contributed by atoms with Crippen molar-refractivity contribution in [2.24, 2.45) is 0 Å². The molecule has 0 atom stereocenters. The lowest BCUT2D eigenvalue weighted by molar-refractivity contribution is 0.668. The van der Waals surface area contributed by atoms with Crippen molar-refractivity contribution >= 4 is 121 Å². The van der Waals surface area contributed by atoms with Crippen LogP contribution in [0.15, 0.2) is 394 Å². The summed E-state index contributed by atoms with van der Waals surface area (Å²) in [6, 6.07) is 135. The second kappa shape index (κ2) is 26.0. The molecule has 22 rings (SSSR count). The van der Waals surface area contributed by atoms with E-state index in [0.29, 0.717) is 0 Å². The first-order chi connectivity index (χ1) is 51.9. The lowest BCUT2D eigenvalue weighted by atomic mass is 9.70. The number of nitrogens with zero attached hydrogens (tertiary/aromatic N) is 2. The molecule has 4 aliphatic rings. The largest absolute Gasteiger partial charge is 0.455 e. The molecule has 18 aromatic rings. The molecule has 2 aromatic heterocycles. The molecule has 1 N–H and O–H groups in total. The molecule has 5 nitrogen and oxygen atoms in total. The highest BCUT2D eigenvalue weighted by Gasteiger charge is 2.55. The molecule has 0 unspecified atom stereocenters. The van der Waals surface area contributed by atoms with Crippen LogP contribution in [0.5, 0.6) is 0 Å². The van der Waals surface area contributed by atoms with Crippen molar-refractivity contribution in [2.45, 2.75) is 18.3 Å². The van der Waals surface area contributed by atoms with Crippen molar-refractivity contribution < 1.29 is 8.83 Å². The second-order valence-electron chi connectivity index (χ2n) is 27.2. The zero-order chi connectivity index (χ0) is 69.7. The fourth-order valence-electron chi connectivity index (χ4n) is 17.5. The van der Waals surface area contributed by atoms with Crippen molar-refractivity contribution in [1.82, 2.24) is 0 Å². The van der Waals surface area contributed by atoms with E-state index in [1.165, 1.54) is 94.4 Å². The Balaban J connectivity index is 0.000000134. The fraction of sp³-hybridized carbons (Fsp3) is 0.0303. The van der Waals surface area contributed by atoms with Crippen LogP contribution in [0.2, 0.25) is 0 Å². The Bertz CT molecular complexity index is 6120. The summed E-state index contributed by atoms with van der Waals surface area (Å²) >= 11 is 7.54. The molecule has 16 aromatic carbocycles. The Morgan fingerprint density at radius 2 is 0.547 bits per heavy atom. The number of rotatable bonds is 8. The lowest BCUT2D eigenvalue weighted by Crippen LogP contribution is -2.26. The number of para-hydroxylation sites is 8. The smallest absolute Gasteiger partial charge is 0.143 e. The van der Waals surface area contributed by atoms with Crippen LogP contribution in [0.25, 0.3) is 88.4 Å². The summed E-state index contributed by atoms with van der Waals surface area (Å²) in [6.45, 7) is 0. The molecule has 106 heavy (non-hydrogen) atoms. The minimum atomic E-state index is -0.631. The Kier molecular flexibility index (Phi) is 15.8. The average Bonchev–Trinajstić information content (AvgIpc) is 1.51. The molecule has 4 aliphatic carbocycles. The monoisotopic (exact) mass is 1490 g/mol. The Morgan fingerprint density at radius 3 is 0.925 bits per heavy atom. The van der Waals surface area contributed by atoms with E-state index >= 15 is 0 Å². The number of furan rings is 2. The number of nitrogens with one attached hydrogen (secondary N) is 1. The van der Waals surface area contributed by atoms with E-state index in [1.807, 2.05) is 66.7 Å². The van der Waals surface area contributed by atoms with Gasteiger partial charge in [-0.25, -0.2) is 0 Å². The van der Waals surface area contributed by atoms with Crippen LogP contribution < -0.4 is 15.1 Å². The van der Waals surface area contributed by atoms with E-state index in [4.69, 9.17) is 8.83 Å². The normalized spacial score (nSPS) is 12.9. The summed E-state index contributed by atoms with van der Waals surface area (Å²) in [4.78, 5) is 4.75. The van der Waals surface area contributed by atoms with Crippen molar-refractivity contribution in [2.75, 3.05) is 15.1 Å². The minimum absolute atomic E-state index is 0. The molecule has 0 amide bonds. The maximum atomic E-state index is 6.87. The zero-order valence-corrected chi connectivity index (χ0v) is 59.9. The Morgan fingerprint density at radius 1 is 0.236 bits per heavy atom. The summed E-state index contributed by atoms with van der Waals surface area (Å²) in [5.74, 6) is 0. The first kappa shape index (κ1) is 64.3. The predicted octanol–water partition coefficient (Wildman–Crippen LogP) is 28.4. The van der Waals surface area contributed by atoms with Gasteiger partial charge >= 0.3 is 0 Å². The molecule has 7 heteroatoms. The van der Waals surface area contributed by atoms with Gasteiger partial charge in [-0.15, -0.1) is 0 Å². The molecular formula is C99H67Br2N3O2. The Hall–Kier alpha value is -12.5. The van der Waals surface area contributed by atoms with Gasteiger partial charge in [0.05, 0.1) is 10.8 Å². The van der Waals surface area contributed by atoms with Gasteiger partial charge in [-0.1, -0.05) is 282 Å². The van der Waals surface area contributed by atoms with Crippen molar-refractivity contribution in [3.05, 3.63) is 430 Å². The van der Waals surface area contributed by atoms with E-state index in [9.17, 15) is 0 Å². The second-order valence-corrected chi connectivity index (χ2v) is 29.1. The van der Waals surface area contributed by atoms with Gasteiger partial charge in [-0.05, 0) is 211 Å². The van der Waals surface area contributed by atoms with Crippen molar-refractivity contribution in [3.8, 4) is 44.5 Å². The highest BCUT2D eigenvalue weighted by Crippen LogP contribution is 2.67. The SMILES string of the molecule is Brc1ccc2c(c1)C1(c3cc(Br)ccc3-2)c2ccccc2-c2c1ccc1c2oc2ccccc21.C.c1ccc(N(c2ccccc2)c2ccc3c(c2)C2(c4cc(N(c5ccccc5)c5ccccc5)ccc4-3)c3ccccc3-c3c2ccc2c3oc3ccccc32)cc1.c1ccc(Nc2ccccc2)cc1. The van der Waals surface area contributed by atoms with E-state index in [2.05, 4.69) is 356 Å². The van der Waals surface area contributed by atoms with Crippen LogP contribution in [0.3, 0.4) is 0 Å². The number of hydrogen-bond donors (Lipinski definition) is 1. The van der Waals surface area contributed by atoms with Crippen LogP contribution in [0.4, 0.5) is 45.5 Å². The van der Waals surface area contributed by atoms with Gasteiger partial charge in [0, 0.05) is 87.1 Å². The van der Waals surface area contributed by atoms with Gasteiger partial charge in [0.1, 0.15) is 22.3 Å². The van der Waals surface area contributed by atoms with Gasteiger partial charge in [0.25, 0.3) is 0 Å². The fourth-order valence-corrected chi connectivity index (χ4v) is 18.2. The number of benzene rings is 16. The third kappa shape index (κ3) is 10.0. The predicted molar refractivity (Wildman–Crippen MR) is 448 cm³/mol. The molecule has 2 heterocycles. The van der Waals surface area contributed by atoms with Gasteiger partial charge in [0.2, 0.25) is 0 Å². The highest BCUT2D eigenvalue weighted by molar-refractivity contribution is 9.10. The van der Waals surface area contributed by atoms with E-state index in [-0.39, 0.29) is 7.43 Å². The quantitative estimate of drug-likeness (QED) is 0.164. The maximum absolute atomic E-state index is 6.87. The first-order valence-electron chi connectivity index (χ1n) is 35.6. The van der Waals surface area contributed by atoms with Crippen molar-refractivity contribution in [3.63, 3.8) is 0 Å². The summed E-state index contributed by atoms with van der Waals surface area (Å²) in [6.07, 6.45) is 0. The third-order valence-corrected chi connectivity index (χ3v) is 22.7. The molecule has 0 saturated heterocycles. The number of halogens is 2. The summed E-state index contributed by atoms with van der Waals surface area (Å²) in [5.41, 5.74) is 31.8. The van der Waals surface area contributed by atoms with Crippen LogP contribution in [0, 0.1) is 0 Å². The topological polar surface area (TPSA) is 44.8 Å². The van der Waals surface area contributed by atoms with Crippen LogP contribution in [-0.2, 0) is 10.8 Å². The highest BCUT2D eigenvalue weighted by atomic mass is 79.9. The summed E-state index contributed by atoms with van der Waals surface area (Å²) in [7, 11) is 0. The minimum Gasteiger partial charge on any atom is -0.455 e. The number of hydrogen-bond acceptors (Lipinski definition) is 5. The van der Waals surface area contributed by atoms with Crippen LogP contribution in [-0.4, -0.2) is 0 Å². The van der Waals surface area contributed by atoms with Crippen LogP contribution in [0.1, 0.15) is 51.9 Å². The van der Waals surface area contributed by atoms with Gasteiger partial charge in [0.15, 0.2) is 0 Å². The third-order valence-electron chi connectivity index (χ3n) is 21.7. The van der Waals surface area contributed by atoms with Gasteiger partial charge < -0.3 is 24.0 Å². The molecule has 2 spiro atoms. The van der Waals surface area contributed by atoms with E-state index < -0.39 is 10.8 Å². The van der Waals surface area contributed by atoms with Gasteiger partial charge in [-0.2, -0.15) is 0 Å². The molecular weight excluding hydrogens is 1420 g/mol.